The number of imidazole rings is 1. The summed E-state index contributed by atoms with van der Waals surface area (Å²) in [5, 5.41) is 4.04. The number of aromatic nitrogens is 3. The van der Waals surface area contributed by atoms with Gasteiger partial charge in [-0.2, -0.15) is 0 Å². The normalized spacial score (nSPS) is 12.3. The van der Waals surface area contributed by atoms with Crippen molar-refractivity contribution in [1.82, 2.24) is 19.9 Å². The minimum Gasteiger partial charge on any atom is -0.352 e. The van der Waals surface area contributed by atoms with Crippen LogP contribution < -0.4 is 5.32 Å². The zero-order valence-corrected chi connectivity index (χ0v) is 15.2. The third-order valence-corrected chi connectivity index (χ3v) is 4.45. The maximum Gasteiger partial charge on any atom is 0.253 e. The van der Waals surface area contributed by atoms with Gasteiger partial charge >= 0.3 is 0 Å². The molecule has 0 saturated carbocycles. The van der Waals surface area contributed by atoms with Crippen molar-refractivity contribution in [3.8, 4) is 0 Å². The highest BCUT2D eigenvalue weighted by Crippen LogP contribution is 2.18. The molecule has 130 valence electrons. The second kappa shape index (κ2) is 7.05. The van der Waals surface area contributed by atoms with Crippen molar-refractivity contribution in [2.24, 2.45) is 5.92 Å². The molecule has 1 atom stereocenters. The Kier molecular flexibility index (Phi) is 4.83. The summed E-state index contributed by atoms with van der Waals surface area (Å²) in [6, 6.07) is 8.02. The van der Waals surface area contributed by atoms with Gasteiger partial charge in [0, 0.05) is 30.9 Å². The summed E-state index contributed by atoms with van der Waals surface area (Å²) in [6.45, 7) is 9.47. The first-order valence-corrected chi connectivity index (χ1v) is 8.58. The summed E-state index contributed by atoms with van der Waals surface area (Å²) in [6.07, 6.45) is 3.76. The third-order valence-electron chi connectivity index (χ3n) is 4.45. The Morgan fingerprint density at radius 1 is 1.24 bits per heavy atom. The summed E-state index contributed by atoms with van der Waals surface area (Å²) in [7, 11) is 0. The van der Waals surface area contributed by atoms with Gasteiger partial charge in [0.15, 0.2) is 0 Å². The van der Waals surface area contributed by atoms with Gasteiger partial charge in [0.25, 0.3) is 5.91 Å². The molecular weight excluding hydrogens is 312 g/mol. The predicted molar refractivity (Wildman–Crippen MR) is 99.7 cm³/mol. The molecule has 3 rings (SSSR count). The fraction of sp³-hybridized carbons (Fsp3) is 0.350. The van der Waals surface area contributed by atoms with E-state index in [1.54, 1.807) is 6.20 Å². The molecule has 2 aromatic heterocycles. The van der Waals surface area contributed by atoms with Crippen LogP contribution in [-0.2, 0) is 6.54 Å². The third kappa shape index (κ3) is 3.87. The standard InChI is InChI=1S/C20H24N4O/c1-13-5-6-19-17(9-13)10-18(15(3)23-19)20(25)22-11-14(2)12-24-8-7-21-16(24)4/h5-10,14H,11-12H2,1-4H3,(H,22,25)/t14-/m0/s1. The van der Waals surface area contributed by atoms with Crippen LogP contribution in [0.3, 0.4) is 0 Å². The van der Waals surface area contributed by atoms with Gasteiger partial charge in [0.05, 0.1) is 16.8 Å². The van der Waals surface area contributed by atoms with Crippen molar-refractivity contribution in [2.45, 2.75) is 34.2 Å². The van der Waals surface area contributed by atoms with Crippen molar-refractivity contribution < 1.29 is 4.79 Å². The highest BCUT2D eigenvalue weighted by molar-refractivity contribution is 5.98. The zero-order chi connectivity index (χ0) is 18.0. The quantitative estimate of drug-likeness (QED) is 0.776. The Morgan fingerprint density at radius 2 is 2.04 bits per heavy atom. The first-order chi connectivity index (χ1) is 11.9. The molecule has 0 radical (unpaired) electrons. The average Bonchev–Trinajstić information content (AvgIpc) is 2.97. The lowest BCUT2D eigenvalue weighted by Gasteiger charge is -2.15. The summed E-state index contributed by atoms with van der Waals surface area (Å²) < 4.78 is 2.10. The smallest absolute Gasteiger partial charge is 0.253 e. The number of fused-ring (bicyclic) bond motifs is 1. The molecule has 0 aliphatic rings. The number of carbonyl (C=O) groups excluding carboxylic acids is 1. The fourth-order valence-electron chi connectivity index (χ4n) is 2.98. The van der Waals surface area contributed by atoms with Crippen LogP contribution in [0.1, 0.15) is 34.4 Å². The number of amides is 1. The van der Waals surface area contributed by atoms with Gasteiger partial charge in [-0.1, -0.05) is 18.6 Å². The fourth-order valence-corrected chi connectivity index (χ4v) is 2.98. The molecule has 3 aromatic rings. The first-order valence-electron chi connectivity index (χ1n) is 8.58. The van der Waals surface area contributed by atoms with Crippen LogP contribution in [0.25, 0.3) is 10.9 Å². The maximum absolute atomic E-state index is 12.6. The van der Waals surface area contributed by atoms with Gasteiger partial charge in [0.2, 0.25) is 0 Å². The van der Waals surface area contributed by atoms with E-state index in [4.69, 9.17) is 0 Å². The number of nitrogens with one attached hydrogen (secondary N) is 1. The van der Waals surface area contributed by atoms with Gasteiger partial charge in [-0.15, -0.1) is 0 Å². The minimum atomic E-state index is -0.0670. The SMILES string of the molecule is Cc1ccc2nc(C)c(C(=O)NC[C@H](C)Cn3ccnc3C)cc2c1. The first kappa shape index (κ1) is 17.1. The molecule has 0 unspecified atom stereocenters. The number of pyridine rings is 1. The number of benzene rings is 1. The Bertz CT molecular complexity index is 913. The van der Waals surface area contributed by atoms with Gasteiger partial charge in [0.1, 0.15) is 5.82 Å². The van der Waals surface area contributed by atoms with E-state index in [2.05, 4.69) is 32.8 Å². The Hall–Kier alpha value is -2.69. The molecule has 2 heterocycles. The molecule has 0 spiro atoms. The van der Waals surface area contributed by atoms with E-state index >= 15 is 0 Å². The van der Waals surface area contributed by atoms with Crippen LogP contribution in [0.5, 0.6) is 0 Å². The highest BCUT2D eigenvalue weighted by Gasteiger charge is 2.13. The van der Waals surface area contributed by atoms with Gasteiger partial charge in [-0.25, -0.2) is 4.98 Å². The van der Waals surface area contributed by atoms with Crippen molar-refractivity contribution >= 4 is 16.8 Å². The van der Waals surface area contributed by atoms with Crippen molar-refractivity contribution in [2.75, 3.05) is 6.54 Å². The topological polar surface area (TPSA) is 59.8 Å². The molecule has 0 bridgehead atoms. The van der Waals surface area contributed by atoms with Crippen LogP contribution in [0.2, 0.25) is 0 Å². The number of hydrogen-bond acceptors (Lipinski definition) is 3. The lowest BCUT2D eigenvalue weighted by Crippen LogP contribution is -2.30. The summed E-state index contributed by atoms with van der Waals surface area (Å²) in [4.78, 5) is 21.4. The summed E-state index contributed by atoms with van der Waals surface area (Å²) in [5.41, 5.74) is 3.48. The molecule has 5 nitrogen and oxygen atoms in total. The summed E-state index contributed by atoms with van der Waals surface area (Å²) >= 11 is 0. The Morgan fingerprint density at radius 3 is 2.76 bits per heavy atom. The van der Waals surface area contributed by atoms with E-state index in [1.807, 2.05) is 45.2 Å². The van der Waals surface area contributed by atoms with E-state index in [0.717, 1.165) is 34.5 Å². The number of nitrogens with zero attached hydrogens (tertiary/aromatic N) is 3. The Labute approximate surface area is 148 Å². The van der Waals surface area contributed by atoms with E-state index in [0.29, 0.717) is 18.0 Å². The molecule has 1 N–H and O–H groups in total. The molecule has 0 aliphatic carbocycles. The Balaban J connectivity index is 1.69. The second-order valence-corrected chi connectivity index (χ2v) is 6.76. The van der Waals surface area contributed by atoms with Gasteiger partial charge in [-0.05, 0) is 44.9 Å². The molecule has 0 aliphatic heterocycles. The van der Waals surface area contributed by atoms with E-state index < -0.39 is 0 Å². The largest absolute Gasteiger partial charge is 0.352 e. The van der Waals surface area contributed by atoms with Gasteiger partial charge in [-0.3, -0.25) is 9.78 Å². The molecule has 0 saturated heterocycles. The zero-order valence-electron chi connectivity index (χ0n) is 15.2. The maximum atomic E-state index is 12.6. The molecule has 1 aromatic carbocycles. The van der Waals surface area contributed by atoms with Crippen molar-refractivity contribution in [1.29, 1.82) is 0 Å². The van der Waals surface area contributed by atoms with Crippen LogP contribution >= 0.6 is 0 Å². The minimum absolute atomic E-state index is 0.0670. The van der Waals surface area contributed by atoms with Crippen molar-refractivity contribution in [3.05, 3.63) is 59.3 Å². The molecular formula is C20H24N4O. The van der Waals surface area contributed by atoms with E-state index in [9.17, 15) is 4.79 Å². The lowest BCUT2D eigenvalue weighted by atomic mass is 10.1. The van der Waals surface area contributed by atoms with Crippen molar-refractivity contribution in [3.63, 3.8) is 0 Å². The van der Waals surface area contributed by atoms with Crippen LogP contribution in [0.4, 0.5) is 0 Å². The number of carbonyl (C=O) groups is 1. The molecule has 1 amide bonds. The predicted octanol–water partition coefficient (Wildman–Crippen LogP) is 3.42. The van der Waals surface area contributed by atoms with E-state index in [-0.39, 0.29) is 5.91 Å². The van der Waals surface area contributed by atoms with E-state index in [1.165, 1.54) is 0 Å². The number of aryl methyl sites for hydroxylation is 3. The van der Waals surface area contributed by atoms with Crippen LogP contribution in [0.15, 0.2) is 36.7 Å². The second-order valence-electron chi connectivity index (χ2n) is 6.76. The highest BCUT2D eigenvalue weighted by atomic mass is 16.1. The molecule has 5 heteroatoms. The average molecular weight is 336 g/mol. The lowest BCUT2D eigenvalue weighted by molar-refractivity contribution is 0.0946. The van der Waals surface area contributed by atoms with Gasteiger partial charge < -0.3 is 9.88 Å². The number of hydrogen-bond donors (Lipinski definition) is 1. The molecule has 25 heavy (non-hydrogen) atoms. The summed E-state index contributed by atoms with van der Waals surface area (Å²) in [5.74, 6) is 1.23. The number of rotatable bonds is 5. The van der Waals surface area contributed by atoms with Crippen LogP contribution in [0, 0.1) is 26.7 Å². The van der Waals surface area contributed by atoms with Crippen LogP contribution in [-0.4, -0.2) is 27.0 Å². The molecule has 0 fully saturated rings. The monoisotopic (exact) mass is 336 g/mol.